The largest absolute Gasteiger partial charge is 0.416 e. The summed E-state index contributed by atoms with van der Waals surface area (Å²) in [7, 11) is 0. The van der Waals surface area contributed by atoms with Gasteiger partial charge in [0.05, 0.1) is 12.7 Å². The first kappa shape index (κ1) is 24.5. The summed E-state index contributed by atoms with van der Waals surface area (Å²) < 4.78 is 41.9. The van der Waals surface area contributed by atoms with Crippen LogP contribution in [0.25, 0.3) is 17.2 Å². The zero-order chi connectivity index (χ0) is 25.3. The molecule has 0 amide bonds. The van der Waals surface area contributed by atoms with Crippen LogP contribution in [-0.4, -0.2) is 61.6 Å². The van der Waals surface area contributed by atoms with E-state index in [2.05, 4.69) is 25.1 Å². The molecule has 4 aromatic rings. The number of aliphatic hydroxyl groups is 2. The molecule has 0 fully saturated rings. The number of nitrogens with zero attached hydrogens (tertiary/aromatic N) is 8. The van der Waals surface area contributed by atoms with Gasteiger partial charge in [0.25, 0.3) is 0 Å². The molecule has 0 saturated carbocycles. The first-order valence-electron chi connectivity index (χ1n) is 10.1. The lowest BCUT2D eigenvalue weighted by Gasteiger charge is -2.15. The number of hydrogen-bond acceptors (Lipinski definition) is 8. The molecule has 35 heavy (non-hydrogen) atoms. The minimum Gasteiger partial charge on any atom is -0.385 e. The third kappa shape index (κ3) is 5.23. The van der Waals surface area contributed by atoms with E-state index in [4.69, 9.17) is 11.6 Å². The zero-order valence-electron chi connectivity index (χ0n) is 18.0. The maximum atomic E-state index is 13.0. The van der Waals surface area contributed by atoms with Crippen LogP contribution in [0.2, 0.25) is 5.02 Å². The van der Waals surface area contributed by atoms with Gasteiger partial charge in [-0.3, -0.25) is 9.55 Å². The van der Waals surface area contributed by atoms with Crippen molar-refractivity contribution in [1.82, 2.24) is 39.1 Å². The van der Waals surface area contributed by atoms with Crippen LogP contribution >= 0.6 is 11.6 Å². The first-order chi connectivity index (χ1) is 16.5. The molecule has 3 aromatic heterocycles. The van der Waals surface area contributed by atoms with E-state index in [0.717, 1.165) is 9.25 Å². The predicted molar refractivity (Wildman–Crippen MR) is 116 cm³/mol. The van der Waals surface area contributed by atoms with Gasteiger partial charge in [0.15, 0.2) is 29.4 Å². The Labute approximate surface area is 200 Å². The van der Waals surface area contributed by atoms with Crippen molar-refractivity contribution in [3.63, 3.8) is 0 Å². The van der Waals surface area contributed by atoms with Crippen molar-refractivity contribution in [2.75, 3.05) is 0 Å². The van der Waals surface area contributed by atoms with Crippen LogP contribution in [0.3, 0.4) is 0 Å². The Morgan fingerprint density at radius 3 is 2.43 bits per heavy atom. The smallest absolute Gasteiger partial charge is 0.385 e. The van der Waals surface area contributed by atoms with Gasteiger partial charge in [0.1, 0.15) is 12.6 Å². The molecule has 0 bridgehead atoms. The monoisotopic (exact) mass is 510 g/mol. The molecule has 3 heterocycles. The Morgan fingerprint density at radius 1 is 1.11 bits per heavy atom. The van der Waals surface area contributed by atoms with Gasteiger partial charge >= 0.3 is 11.9 Å². The van der Waals surface area contributed by atoms with Gasteiger partial charge in [-0.25, -0.2) is 19.4 Å². The number of benzene rings is 1. The summed E-state index contributed by atoms with van der Waals surface area (Å²) in [6.07, 6.45) is -4.54. The number of rotatable bonds is 7. The summed E-state index contributed by atoms with van der Waals surface area (Å²) in [6, 6.07) is 5.95. The van der Waals surface area contributed by atoms with Crippen molar-refractivity contribution < 1.29 is 23.4 Å². The average Bonchev–Trinajstić information content (AvgIpc) is 3.37. The summed E-state index contributed by atoms with van der Waals surface area (Å²) in [5, 5.41) is 28.5. The fraction of sp³-hybridized carbons (Fsp3) is 0.300. The van der Waals surface area contributed by atoms with E-state index in [9.17, 15) is 28.2 Å². The molecule has 11 nitrogen and oxygen atoms in total. The van der Waals surface area contributed by atoms with Crippen LogP contribution in [0.4, 0.5) is 13.2 Å². The molecular formula is C20H18ClF3N8O3. The third-order valence-electron chi connectivity index (χ3n) is 4.87. The highest BCUT2D eigenvalue weighted by molar-refractivity contribution is 6.30. The van der Waals surface area contributed by atoms with Gasteiger partial charge in [-0.05, 0) is 31.2 Å². The van der Waals surface area contributed by atoms with Gasteiger partial charge < -0.3 is 10.2 Å². The second-order valence-electron chi connectivity index (χ2n) is 7.48. The zero-order valence-corrected chi connectivity index (χ0v) is 18.8. The minimum absolute atomic E-state index is 0.0392. The summed E-state index contributed by atoms with van der Waals surface area (Å²) in [5.41, 5.74) is -0.616. The van der Waals surface area contributed by atoms with E-state index >= 15 is 0 Å². The molecule has 15 heteroatoms. The lowest BCUT2D eigenvalue weighted by atomic mass is 10.2. The van der Waals surface area contributed by atoms with Crippen molar-refractivity contribution in [2.24, 2.45) is 0 Å². The molecular weight excluding hydrogens is 493 g/mol. The molecule has 184 valence electrons. The van der Waals surface area contributed by atoms with Crippen molar-refractivity contribution in [3.8, 4) is 17.2 Å². The predicted octanol–water partition coefficient (Wildman–Crippen LogP) is 1.76. The maximum absolute atomic E-state index is 13.0. The van der Waals surface area contributed by atoms with Gasteiger partial charge in [-0.15, -0.1) is 10.2 Å². The number of hydrogen-bond donors (Lipinski definition) is 2. The topological polar surface area (TPSA) is 137 Å². The van der Waals surface area contributed by atoms with Crippen molar-refractivity contribution in [1.29, 1.82) is 0 Å². The van der Waals surface area contributed by atoms with Crippen LogP contribution in [0.5, 0.6) is 0 Å². The molecule has 0 aliphatic carbocycles. The summed E-state index contributed by atoms with van der Waals surface area (Å²) in [4.78, 5) is 25.3. The molecule has 0 unspecified atom stereocenters. The number of halogens is 4. The minimum atomic E-state index is -4.94. The van der Waals surface area contributed by atoms with Crippen LogP contribution in [0, 0.1) is 0 Å². The van der Waals surface area contributed by atoms with Gasteiger partial charge in [-0.1, -0.05) is 11.6 Å². The van der Waals surface area contributed by atoms with Crippen LogP contribution in [0.1, 0.15) is 24.7 Å². The highest BCUT2D eigenvalue weighted by atomic mass is 35.5. The van der Waals surface area contributed by atoms with Crippen LogP contribution in [-0.2, 0) is 13.1 Å². The van der Waals surface area contributed by atoms with Gasteiger partial charge in [0.2, 0.25) is 0 Å². The highest BCUT2D eigenvalue weighted by Crippen LogP contribution is 2.24. The number of aliphatic hydroxyl groups excluding tert-OH is 2. The van der Waals surface area contributed by atoms with E-state index < -0.39 is 30.6 Å². The van der Waals surface area contributed by atoms with Gasteiger partial charge in [0, 0.05) is 23.0 Å². The quantitative estimate of drug-likeness (QED) is 0.384. The first-order valence-corrected chi connectivity index (χ1v) is 10.5. The molecule has 0 radical (unpaired) electrons. The molecule has 0 aliphatic heterocycles. The standard InChI is InChI=1S/C20H18ClF3N8O3/c1-11(33)17-27-15(28-32(17)16-8-25-6-7-26-16)10-31-19(35)30(9-14(34)20(22,23)24)18(29-31)12-2-4-13(21)5-3-12/h2-8,11,14,33-34H,9-10H2,1H3/t11-,14-/m0/s1. The van der Waals surface area contributed by atoms with Crippen LogP contribution < -0.4 is 5.69 Å². The lowest BCUT2D eigenvalue weighted by molar-refractivity contribution is -0.207. The Bertz CT molecular complexity index is 1370. The lowest BCUT2D eigenvalue weighted by Crippen LogP contribution is -2.37. The second-order valence-corrected chi connectivity index (χ2v) is 7.91. The third-order valence-corrected chi connectivity index (χ3v) is 5.12. The SMILES string of the molecule is C[C@H](O)c1nc(Cn2nc(-c3ccc(Cl)cc3)n(C[C@H](O)C(F)(F)F)c2=O)nn1-c1cnccn1. The molecule has 0 aliphatic rings. The molecule has 1 aromatic carbocycles. The van der Waals surface area contributed by atoms with E-state index in [1.165, 1.54) is 54.5 Å². The van der Waals surface area contributed by atoms with Crippen molar-refractivity contribution in [2.45, 2.75) is 38.4 Å². The van der Waals surface area contributed by atoms with E-state index in [1.807, 2.05) is 0 Å². The summed E-state index contributed by atoms with van der Waals surface area (Å²) >= 11 is 5.89. The number of aromatic nitrogens is 8. The van der Waals surface area contributed by atoms with E-state index in [0.29, 0.717) is 10.6 Å². The van der Waals surface area contributed by atoms with E-state index in [1.54, 1.807) is 0 Å². The fourth-order valence-electron chi connectivity index (χ4n) is 3.21. The highest BCUT2D eigenvalue weighted by Gasteiger charge is 2.39. The molecule has 0 saturated heterocycles. The van der Waals surface area contributed by atoms with Crippen molar-refractivity contribution >= 4 is 11.6 Å². The normalized spacial score (nSPS) is 13.7. The Hall–Kier alpha value is -3.62. The van der Waals surface area contributed by atoms with Crippen molar-refractivity contribution in [3.05, 3.63) is 70.0 Å². The Balaban J connectivity index is 1.76. The summed E-state index contributed by atoms with van der Waals surface area (Å²) in [5.74, 6) is 0.296. The fourth-order valence-corrected chi connectivity index (χ4v) is 3.33. The average molecular weight is 511 g/mol. The van der Waals surface area contributed by atoms with Gasteiger partial charge in [-0.2, -0.15) is 17.9 Å². The molecule has 2 atom stereocenters. The molecule has 4 rings (SSSR count). The molecule has 0 spiro atoms. The Kier molecular flexibility index (Phi) is 6.69. The maximum Gasteiger partial charge on any atom is 0.416 e. The molecule has 2 N–H and O–H groups in total. The Morgan fingerprint density at radius 2 is 1.83 bits per heavy atom. The summed E-state index contributed by atoms with van der Waals surface area (Å²) in [6.45, 7) is 0.0565. The second kappa shape index (κ2) is 9.56. The van der Waals surface area contributed by atoms with Crippen LogP contribution in [0.15, 0.2) is 47.7 Å². The number of alkyl halides is 3. The van der Waals surface area contributed by atoms with E-state index in [-0.39, 0.29) is 29.8 Å².